The number of nitrogens with zero attached hydrogens (tertiary/aromatic N) is 5. The van der Waals surface area contributed by atoms with E-state index < -0.39 is 0 Å². The minimum Gasteiger partial charge on any atom is -0.338 e. The normalized spacial score (nSPS) is 16.6. The molecule has 28 heavy (non-hydrogen) atoms. The van der Waals surface area contributed by atoms with Gasteiger partial charge >= 0.3 is 0 Å². The fraction of sp³-hybridized carbons (Fsp3) is 0.286. The second-order valence-corrected chi connectivity index (χ2v) is 6.98. The van der Waals surface area contributed by atoms with Crippen LogP contribution in [0.1, 0.15) is 40.4 Å². The lowest BCUT2D eigenvalue weighted by Crippen LogP contribution is -2.39. The first kappa shape index (κ1) is 18.0. The van der Waals surface area contributed by atoms with E-state index in [2.05, 4.69) is 25.3 Å². The molecule has 0 spiro atoms. The third kappa shape index (κ3) is 4.14. The summed E-state index contributed by atoms with van der Waals surface area (Å²) in [6.07, 6.45) is 8.39. The number of hydrogen-bond acceptors (Lipinski definition) is 6. The van der Waals surface area contributed by atoms with Gasteiger partial charge in [-0.3, -0.25) is 4.79 Å². The molecule has 1 unspecified atom stereocenters. The highest BCUT2D eigenvalue weighted by atomic mass is 16.2. The number of hydrogen-bond donors (Lipinski definition) is 1. The average molecular weight is 374 g/mol. The molecule has 4 heterocycles. The molecular weight excluding hydrogens is 352 g/mol. The zero-order chi connectivity index (χ0) is 19.3. The first-order valence-electron chi connectivity index (χ1n) is 9.40. The van der Waals surface area contributed by atoms with Crippen molar-refractivity contribution in [1.29, 1.82) is 0 Å². The summed E-state index contributed by atoms with van der Waals surface area (Å²) < 4.78 is 0. The van der Waals surface area contributed by atoms with Crippen molar-refractivity contribution in [3.63, 3.8) is 0 Å². The highest BCUT2D eigenvalue weighted by Crippen LogP contribution is 2.29. The van der Waals surface area contributed by atoms with Gasteiger partial charge in [0, 0.05) is 43.3 Å². The maximum Gasteiger partial charge on any atom is 0.257 e. The number of carbonyl (C=O) groups is 1. The number of piperidine rings is 1. The quantitative estimate of drug-likeness (QED) is 0.754. The van der Waals surface area contributed by atoms with E-state index in [0.29, 0.717) is 12.1 Å². The summed E-state index contributed by atoms with van der Waals surface area (Å²) >= 11 is 0. The molecule has 1 aliphatic heterocycles. The zero-order valence-corrected chi connectivity index (χ0v) is 15.7. The SMILES string of the molecule is Cc1cccc(Nc2cc(C3CCCN(C(=O)c4cncnc4)C3)ccn2)n1. The summed E-state index contributed by atoms with van der Waals surface area (Å²) in [7, 11) is 0. The predicted molar refractivity (Wildman–Crippen MR) is 106 cm³/mol. The van der Waals surface area contributed by atoms with Gasteiger partial charge in [0.1, 0.15) is 18.0 Å². The Morgan fingerprint density at radius 1 is 1.18 bits per heavy atom. The Hall–Kier alpha value is -3.35. The standard InChI is InChI=1S/C21H22N6O/c1-15-4-2-6-19(25-15)26-20-10-16(7-8-24-20)17-5-3-9-27(13-17)21(28)18-11-22-14-23-12-18/h2,4,6-8,10-12,14,17H,3,5,9,13H2,1H3,(H,24,25,26). The van der Waals surface area contributed by atoms with E-state index in [0.717, 1.165) is 36.7 Å². The van der Waals surface area contributed by atoms with E-state index in [1.54, 1.807) is 18.6 Å². The molecule has 0 aliphatic carbocycles. The Balaban J connectivity index is 1.48. The number of aromatic nitrogens is 4. The van der Waals surface area contributed by atoms with E-state index in [1.165, 1.54) is 11.9 Å². The summed E-state index contributed by atoms with van der Waals surface area (Å²) in [6.45, 7) is 3.40. The van der Waals surface area contributed by atoms with Gasteiger partial charge < -0.3 is 10.2 Å². The lowest BCUT2D eigenvalue weighted by molar-refractivity contribution is 0.0706. The molecule has 0 saturated carbocycles. The summed E-state index contributed by atoms with van der Waals surface area (Å²) in [6, 6.07) is 9.92. The maximum absolute atomic E-state index is 12.7. The third-order valence-corrected chi connectivity index (χ3v) is 4.92. The van der Waals surface area contributed by atoms with Gasteiger partial charge in [-0.25, -0.2) is 19.9 Å². The molecule has 1 aliphatic rings. The van der Waals surface area contributed by atoms with Gasteiger partial charge in [-0.2, -0.15) is 0 Å². The zero-order valence-electron chi connectivity index (χ0n) is 15.7. The van der Waals surface area contributed by atoms with Crippen molar-refractivity contribution in [1.82, 2.24) is 24.8 Å². The van der Waals surface area contributed by atoms with E-state index in [4.69, 9.17) is 0 Å². The Morgan fingerprint density at radius 2 is 2.04 bits per heavy atom. The van der Waals surface area contributed by atoms with Crippen molar-refractivity contribution >= 4 is 17.5 Å². The van der Waals surface area contributed by atoms with Crippen LogP contribution in [0.3, 0.4) is 0 Å². The van der Waals surface area contributed by atoms with Crippen LogP contribution in [0.4, 0.5) is 11.6 Å². The van der Waals surface area contributed by atoms with Crippen LogP contribution in [-0.4, -0.2) is 43.8 Å². The molecule has 3 aromatic heterocycles. The maximum atomic E-state index is 12.7. The van der Waals surface area contributed by atoms with E-state index >= 15 is 0 Å². The predicted octanol–water partition coefficient (Wildman–Crippen LogP) is 3.34. The third-order valence-electron chi connectivity index (χ3n) is 4.92. The van der Waals surface area contributed by atoms with Crippen molar-refractivity contribution < 1.29 is 4.79 Å². The second kappa shape index (κ2) is 8.12. The highest BCUT2D eigenvalue weighted by Gasteiger charge is 2.26. The number of aryl methyl sites for hydroxylation is 1. The molecule has 1 saturated heterocycles. The first-order chi connectivity index (χ1) is 13.7. The molecule has 1 fully saturated rings. The van der Waals surface area contributed by atoms with Gasteiger partial charge in [-0.15, -0.1) is 0 Å². The lowest BCUT2D eigenvalue weighted by atomic mass is 9.91. The van der Waals surface area contributed by atoms with Crippen LogP contribution < -0.4 is 5.32 Å². The Labute approximate surface area is 163 Å². The number of pyridine rings is 2. The van der Waals surface area contributed by atoms with Crippen LogP contribution in [0.25, 0.3) is 0 Å². The lowest BCUT2D eigenvalue weighted by Gasteiger charge is -2.33. The Bertz CT molecular complexity index is 962. The van der Waals surface area contributed by atoms with Crippen LogP contribution >= 0.6 is 0 Å². The van der Waals surface area contributed by atoms with Crippen molar-refractivity contribution in [2.45, 2.75) is 25.7 Å². The van der Waals surface area contributed by atoms with E-state index in [-0.39, 0.29) is 11.8 Å². The Kier molecular flexibility index (Phi) is 5.23. The number of likely N-dealkylation sites (tertiary alicyclic amines) is 1. The fourth-order valence-corrected chi connectivity index (χ4v) is 3.54. The molecule has 1 amide bonds. The minimum absolute atomic E-state index is 0.0123. The van der Waals surface area contributed by atoms with E-state index in [1.807, 2.05) is 42.2 Å². The second-order valence-electron chi connectivity index (χ2n) is 6.98. The van der Waals surface area contributed by atoms with Crippen molar-refractivity contribution in [2.24, 2.45) is 0 Å². The van der Waals surface area contributed by atoms with Crippen molar-refractivity contribution in [2.75, 3.05) is 18.4 Å². The molecule has 0 aromatic carbocycles. The molecule has 1 atom stereocenters. The van der Waals surface area contributed by atoms with Crippen molar-refractivity contribution in [3.05, 3.63) is 72.1 Å². The van der Waals surface area contributed by atoms with Gasteiger partial charge in [0.05, 0.1) is 5.56 Å². The highest BCUT2D eigenvalue weighted by molar-refractivity contribution is 5.93. The topological polar surface area (TPSA) is 83.9 Å². The molecule has 3 aromatic rings. The Morgan fingerprint density at radius 3 is 2.86 bits per heavy atom. The van der Waals surface area contributed by atoms with Crippen LogP contribution in [0.15, 0.2) is 55.2 Å². The summed E-state index contributed by atoms with van der Waals surface area (Å²) in [5.41, 5.74) is 2.66. The van der Waals surface area contributed by atoms with Gasteiger partial charge in [-0.1, -0.05) is 6.07 Å². The molecular formula is C21H22N6O. The van der Waals surface area contributed by atoms with Crippen molar-refractivity contribution in [3.8, 4) is 0 Å². The summed E-state index contributed by atoms with van der Waals surface area (Å²) in [5, 5.41) is 3.26. The number of amides is 1. The monoisotopic (exact) mass is 374 g/mol. The van der Waals surface area contributed by atoms with Crippen LogP contribution in [0, 0.1) is 6.92 Å². The molecule has 7 nitrogen and oxygen atoms in total. The first-order valence-corrected chi connectivity index (χ1v) is 9.40. The van der Waals surface area contributed by atoms with E-state index in [9.17, 15) is 4.79 Å². The van der Waals surface area contributed by atoms with Crippen LogP contribution in [-0.2, 0) is 0 Å². The van der Waals surface area contributed by atoms with Gasteiger partial charge in [-0.05, 0) is 49.6 Å². The smallest absolute Gasteiger partial charge is 0.257 e. The minimum atomic E-state index is -0.0123. The molecule has 0 radical (unpaired) electrons. The van der Waals surface area contributed by atoms with Crippen LogP contribution in [0.2, 0.25) is 0 Å². The average Bonchev–Trinajstić information content (AvgIpc) is 2.74. The molecule has 0 bridgehead atoms. The number of nitrogens with one attached hydrogen (secondary N) is 1. The number of carbonyl (C=O) groups excluding carboxylic acids is 1. The summed E-state index contributed by atoms with van der Waals surface area (Å²) in [4.78, 5) is 31.4. The van der Waals surface area contributed by atoms with Gasteiger partial charge in [0.2, 0.25) is 0 Å². The fourth-order valence-electron chi connectivity index (χ4n) is 3.54. The molecule has 1 N–H and O–H groups in total. The largest absolute Gasteiger partial charge is 0.338 e. The molecule has 142 valence electrons. The number of rotatable bonds is 4. The van der Waals surface area contributed by atoms with Crippen LogP contribution in [0.5, 0.6) is 0 Å². The van der Waals surface area contributed by atoms with Gasteiger partial charge in [0.15, 0.2) is 0 Å². The number of anilines is 2. The van der Waals surface area contributed by atoms with Gasteiger partial charge in [0.25, 0.3) is 5.91 Å². The molecule has 7 heteroatoms. The summed E-state index contributed by atoms with van der Waals surface area (Å²) in [5.74, 6) is 1.79. The molecule has 4 rings (SSSR count).